The van der Waals surface area contributed by atoms with Crippen LogP contribution in [0, 0.1) is 21.3 Å². The van der Waals surface area contributed by atoms with Crippen molar-refractivity contribution >= 4 is 12.0 Å². The lowest BCUT2D eigenvalue weighted by Crippen LogP contribution is -2.25. The van der Waals surface area contributed by atoms with E-state index in [1.807, 2.05) is 20.8 Å². The number of benzene rings is 1. The highest BCUT2D eigenvalue weighted by Crippen LogP contribution is 2.23. The molecule has 8 nitrogen and oxygen atoms in total. The van der Waals surface area contributed by atoms with Crippen LogP contribution in [-0.2, 0) is 4.79 Å². The van der Waals surface area contributed by atoms with Gasteiger partial charge in [-0.2, -0.15) is 0 Å². The first-order chi connectivity index (χ1) is 11.6. The van der Waals surface area contributed by atoms with Gasteiger partial charge in [-0.3, -0.25) is 4.79 Å². The molecule has 0 unspecified atom stereocenters. The molecule has 0 saturated heterocycles. The number of halogens is 1. The molecular weight excluding hydrogens is 333 g/mol. The molecule has 0 aliphatic rings. The highest BCUT2D eigenvalue weighted by molar-refractivity contribution is 6.00. The number of ketones is 1. The van der Waals surface area contributed by atoms with Gasteiger partial charge in [-0.05, 0) is 24.3 Å². The number of rotatable bonds is 4. The first-order valence-electron chi connectivity index (χ1n) is 7.10. The molecule has 0 fully saturated rings. The number of Topliss-reactive ketones (excluding diaryl/α,β-unsaturated/α-hetero) is 1. The quantitative estimate of drug-likeness (QED) is 0.392. The summed E-state index contributed by atoms with van der Waals surface area (Å²) in [6.45, 7) is 5.43. The summed E-state index contributed by atoms with van der Waals surface area (Å²) in [4.78, 5) is 24.7. The van der Waals surface area contributed by atoms with Crippen LogP contribution in [0.1, 0.15) is 20.8 Å². The summed E-state index contributed by atoms with van der Waals surface area (Å²) in [5, 5.41) is 13.6. The molecule has 1 heterocycles. The molecule has 0 aliphatic carbocycles. The van der Waals surface area contributed by atoms with Gasteiger partial charge in [0.1, 0.15) is 11.6 Å². The van der Waals surface area contributed by atoms with Gasteiger partial charge in [0.2, 0.25) is 5.78 Å². The number of carbonyl (C=O) groups excluding carboxylic acids is 1. The van der Waals surface area contributed by atoms with Crippen LogP contribution in [0.4, 0.5) is 4.39 Å². The van der Waals surface area contributed by atoms with Gasteiger partial charge in [0.05, 0.1) is 12.5 Å². The summed E-state index contributed by atoms with van der Waals surface area (Å²) in [6, 6.07) is 5.53. The lowest BCUT2D eigenvalue weighted by molar-refractivity contribution is -0.742. The van der Waals surface area contributed by atoms with E-state index in [1.54, 1.807) is 29.5 Å². The SMILES string of the molecule is CC(C)(C)C(=O)C(=Cn1ccnc1)Oc1ccc(F)cc1.O=[N+]([O-])O. The average molecular weight is 351 g/mol. The summed E-state index contributed by atoms with van der Waals surface area (Å²) >= 11 is 0. The molecule has 1 N–H and O–H groups in total. The smallest absolute Gasteiger partial charge is 0.291 e. The van der Waals surface area contributed by atoms with Crippen LogP contribution in [0.15, 0.2) is 48.7 Å². The van der Waals surface area contributed by atoms with E-state index < -0.39 is 10.5 Å². The molecule has 0 aliphatic heterocycles. The molecule has 0 radical (unpaired) electrons. The van der Waals surface area contributed by atoms with Crippen molar-refractivity contribution in [2.24, 2.45) is 5.41 Å². The number of aromatic nitrogens is 2. The maximum absolute atomic E-state index is 12.9. The molecule has 0 spiro atoms. The lowest BCUT2D eigenvalue weighted by atomic mass is 9.90. The van der Waals surface area contributed by atoms with Crippen molar-refractivity contribution in [2.75, 3.05) is 0 Å². The van der Waals surface area contributed by atoms with E-state index in [9.17, 15) is 9.18 Å². The number of allylic oxidation sites excluding steroid dienone is 1. The van der Waals surface area contributed by atoms with Gasteiger partial charge in [-0.1, -0.05) is 20.8 Å². The Morgan fingerprint density at radius 3 is 2.36 bits per heavy atom. The third-order valence-corrected chi connectivity index (χ3v) is 2.74. The van der Waals surface area contributed by atoms with Crippen molar-refractivity contribution in [3.63, 3.8) is 0 Å². The fourth-order valence-corrected chi connectivity index (χ4v) is 1.61. The molecule has 0 amide bonds. The first-order valence-corrected chi connectivity index (χ1v) is 7.10. The van der Waals surface area contributed by atoms with E-state index in [4.69, 9.17) is 20.1 Å². The van der Waals surface area contributed by atoms with Crippen LogP contribution in [0.25, 0.3) is 6.20 Å². The monoisotopic (exact) mass is 351 g/mol. The van der Waals surface area contributed by atoms with E-state index in [-0.39, 0.29) is 17.4 Å². The third-order valence-electron chi connectivity index (χ3n) is 2.74. The molecule has 1 aromatic heterocycles. The Labute approximate surface area is 143 Å². The second-order valence-electron chi connectivity index (χ2n) is 5.88. The van der Waals surface area contributed by atoms with Crippen LogP contribution in [-0.4, -0.2) is 25.6 Å². The minimum Gasteiger partial charge on any atom is -0.452 e. The Morgan fingerprint density at radius 2 is 1.92 bits per heavy atom. The van der Waals surface area contributed by atoms with Gasteiger partial charge in [0, 0.05) is 17.8 Å². The number of nitrogens with zero attached hydrogens (tertiary/aromatic N) is 3. The zero-order chi connectivity index (χ0) is 19.0. The van der Waals surface area contributed by atoms with Crippen LogP contribution >= 0.6 is 0 Å². The third kappa shape index (κ3) is 7.25. The minimum atomic E-state index is -1.50. The summed E-state index contributed by atoms with van der Waals surface area (Å²) in [5.41, 5.74) is -0.591. The maximum atomic E-state index is 12.9. The normalized spacial score (nSPS) is 11.3. The van der Waals surface area contributed by atoms with Crippen molar-refractivity contribution in [1.82, 2.24) is 9.55 Å². The van der Waals surface area contributed by atoms with Crippen LogP contribution in [0.3, 0.4) is 0 Å². The summed E-state index contributed by atoms with van der Waals surface area (Å²) < 4.78 is 20.2. The largest absolute Gasteiger partial charge is 0.452 e. The van der Waals surface area contributed by atoms with Crippen molar-refractivity contribution in [2.45, 2.75) is 20.8 Å². The topological polar surface area (TPSA) is 107 Å². The summed E-state index contributed by atoms with van der Waals surface area (Å²) in [5.74, 6) is 0.0673. The zero-order valence-corrected chi connectivity index (χ0v) is 13.9. The fourth-order valence-electron chi connectivity index (χ4n) is 1.61. The highest BCUT2D eigenvalue weighted by Gasteiger charge is 2.27. The summed E-state index contributed by atoms with van der Waals surface area (Å²) in [6.07, 6.45) is 6.42. The van der Waals surface area contributed by atoms with E-state index in [0.717, 1.165) is 0 Å². The predicted octanol–water partition coefficient (Wildman–Crippen LogP) is 3.17. The number of carbonyl (C=O) groups is 1. The van der Waals surface area contributed by atoms with Gasteiger partial charge >= 0.3 is 0 Å². The van der Waals surface area contributed by atoms with Crippen LogP contribution in [0.5, 0.6) is 5.75 Å². The van der Waals surface area contributed by atoms with Gasteiger partial charge in [0.15, 0.2) is 5.76 Å². The number of imidazole rings is 1. The lowest BCUT2D eigenvalue weighted by Gasteiger charge is -2.19. The van der Waals surface area contributed by atoms with Crippen molar-refractivity contribution in [1.29, 1.82) is 0 Å². The van der Waals surface area contributed by atoms with Crippen molar-refractivity contribution in [3.05, 3.63) is 64.7 Å². The van der Waals surface area contributed by atoms with Gasteiger partial charge in [-0.25, -0.2) is 9.37 Å². The van der Waals surface area contributed by atoms with Crippen molar-refractivity contribution in [3.8, 4) is 5.75 Å². The second-order valence-corrected chi connectivity index (χ2v) is 5.88. The Morgan fingerprint density at radius 1 is 1.36 bits per heavy atom. The van der Waals surface area contributed by atoms with Crippen molar-refractivity contribution < 1.29 is 24.2 Å². The second kappa shape index (κ2) is 8.57. The average Bonchev–Trinajstić information content (AvgIpc) is 2.99. The Bertz CT molecular complexity index is 730. The van der Waals surface area contributed by atoms with E-state index in [0.29, 0.717) is 5.75 Å². The molecule has 0 bridgehead atoms. The molecule has 0 saturated carbocycles. The number of hydrogen-bond donors (Lipinski definition) is 1. The molecule has 1 aromatic carbocycles. The van der Waals surface area contributed by atoms with Gasteiger partial charge < -0.3 is 14.5 Å². The maximum Gasteiger partial charge on any atom is 0.291 e. The van der Waals surface area contributed by atoms with Gasteiger partial charge in [0.25, 0.3) is 5.09 Å². The molecule has 134 valence electrons. The Kier molecular flexibility index (Phi) is 6.80. The molecule has 9 heteroatoms. The fraction of sp³-hybridized carbons (Fsp3) is 0.250. The predicted molar refractivity (Wildman–Crippen MR) is 86.8 cm³/mol. The molecule has 25 heavy (non-hydrogen) atoms. The number of hydrogen-bond acceptors (Lipinski definition) is 5. The van der Waals surface area contributed by atoms with E-state index in [1.165, 1.54) is 24.3 Å². The van der Waals surface area contributed by atoms with Crippen LogP contribution < -0.4 is 4.74 Å². The molecular formula is C16H18FN3O5. The molecule has 2 aromatic rings. The van der Waals surface area contributed by atoms with Crippen LogP contribution in [0.2, 0.25) is 0 Å². The zero-order valence-electron chi connectivity index (χ0n) is 13.9. The van der Waals surface area contributed by atoms with E-state index >= 15 is 0 Å². The molecule has 2 rings (SSSR count). The molecule has 0 atom stereocenters. The standard InChI is InChI=1S/C16H17FN2O2.HNO3/c1-16(2,3)15(20)14(10-19-9-8-18-11-19)21-13-6-4-12(17)5-7-13;2-1(3)4/h4-11H,1-3H3;(H,2,3,4). The first kappa shape index (κ1) is 19.8. The summed E-state index contributed by atoms with van der Waals surface area (Å²) in [7, 11) is 0. The number of ether oxygens (including phenoxy) is 1. The Hall–Kier alpha value is -3.23. The van der Waals surface area contributed by atoms with Gasteiger partial charge in [-0.15, -0.1) is 10.1 Å². The highest BCUT2D eigenvalue weighted by atomic mass is 19.1. The Balaban J connectivity index is 0.000000705. The van der Waals surface area contributed by atoms with E-state index in [2.05, 4.69) is 4.98 Å². The minimum absolute atomic E-state index is 0.152.